The normalized spacial score (nSPS) is 19.6. The third-order valence-electron chi connectivity index (χ3n) is 4.04. The maximum atomic E-state index is 11.5. The number of amides is 1. The average molecular weight is 310 g/mol. The summed E-state index contributed by atoms with van der Waals surface area (Å²) >= 11 is 5.53. The topological polar surface area (TPSA) is 47.6 Å². The second kappa shape index (κ2) is 5.99. The molecule has 114 valence electrons. The van der Waals surface area contributed by atoms with Crippen LogP contribution in [0.4, 0.5) is 5.69 Å². The van der Waals surface area contributed by atoms with Crippen molar-refractivity contribution in [3.63, 3.8) is 0 Å². The van der Waals surface area contributed by atoms with Crippen molar-refractivity contribution in [2.24, 2.45) is 0 Å². The standard InChI is InChI=1S/C15H21BClNO3/c1-14(2)15(3,4)21-16(20-14)11-5-7-12(8-6-11)18-13(19)9-10-17/h5-8H,9-10H2,1-4H3,(H,18,19). The van der Waals surface area contributed by atoms with Gasteiger partial charge in [-0.2, -0.15) is 0 Å². The van der Waals surface area contributed by atoms with Crippen LogP contribution in [0.1, 0.15) is 34.1 Å². The number of carbonyl (C=O) groups is 1. The number of rotatable bonds is 4. The van der Waals surface area contributed by atoms with Gasteiger partial charge >= 0.3 is 7.12 Å². The third-order valence-corrected chi connectivity index (χ3v) is 4.23. The molecule has 1 aromatic rings. The molecule has 0 unspecified atom stereocenters. The molecule has 1 aromatic carbocycles. The van der Waals surface area contributed by atoms with Gasteiger partial charge in [0.25, 0.3) is 0 Å². The van der Waals surface area contributed by atoms with Crippen LogP contribution in [0, 0.1) is 0 Å². The number of carbonyl (C=O) groups excluding carboxylic acids is 1. The monoisotopic (exact) mass is 309 g/mol. The van der Waals surface area contributed by atoms with Crippen molar-refractivity contribution in [1.82, 2.24) is 0 Å². The molecule has 0 aliphatic carbocycles. The van der Waals surface area contributed by atoms with Gasteiger partial charge in [-0.05, 0) is 45.3 Å². The predicted molar refractivity (Wildman–Crippen MR) is 86.1 cm³/mol. The molecule has 21 heavy (non-hydrogen) atoms. The zero-order valence-electron chi connectivity index (χ0n) is 12.9. The lowest BCUT2D eigenvalue weighted by Crippen LogP contribution is -2.41. The summed E-state index contributed by atoms with van der Waals surface area (Å²) in [6.45, 7) is 8.09. The van der Waals surface area contributed by atoms with Crippen molar-refractivity contribution in [2.75, 3.05) is 11.2 Å². The Labute approximate surface area is 131 Å². The van der Waals surface area contributed by atoms with E-state index in [0.717, 1.165) is 11.2 Å². The lowest BCUT2D eigenvalue weighted by molar-refractivity contribution is -0.115. The summed E-state index contributed by atoms with van der Waals surface area (Å²) in [4.78, 5) is 11.5. The van der Waals surface area contributed by atoms with Gasteiger partial charge in [-0.15, -0.1) is 11.6 Å². The van der Waals surface area contributed by atoms with E-state index in [2.05, 4.69) is 5.32 Å². The summed E-state index contributed by atoms with van der Waals surface area (Å²) in [6, 6.07) is 7.48. The molecule has 0 bridgehead atoms. The lowest BCUT2D eigenvalue weighted by Gasteiger charge is -2.32. The van der Waals surface area contributed by atoms with Crippen LogP contribution >= 0.6 is 11.6 Å². The zero-order chi connectivity index (χ0) is 15.7. The van der Waals surface area contributed by atoms with Gasteiger partial charge in [0.1, 0.15) is 0 Å². The minimum absolute atomic E-state index is 0.0895. The molecule has 0 atom stereocenters. The Balaban J connectivity index is 2.05. The van der Waals surface area contributed by atoms with Gasteiger partial charge in [-0.1, -0.05) is 12.1 Å². The van der Waals surface area contributed by atoms with Crippen molar-refractivity contribution in [3.05, 3.63) is 24.3 Å². The lowest BCUT2D eigenvalue weighted by atomic mass is 9.79. The molecular weight excluding hydrogens is 288 g/mol. The molecule has 1 saturated heterocycles. The molecule has 2 rings (SSSR count). The molecule has 1 fully saturated rings. The maximum absolute atomic E-state index is 11.5. The number of anilines is 1. The van der Waals surface area contributed by atoms with Crippen molar-refractivity contribution in [2.45, 2.75) is 45.3 Å². The number of benzene rings is 1. The SMILES string of the molecule is CC1(C)OB(c2ccc(NC(=O)CCCl)cc2)OC1(C)C. The van der Waals surface area contributed by atoms with Crippen LogP contribution in [0.2, 0.25) is 0 Å². The first kappa shape index (κ1) is 16.3. The quantitative estimate of drug-likeness (QED) is 0.687. The van der Waals surface area contributed by atoms with Crippen molar-refractivity contribution in [1.29, 1.82) is 0 Å². The second-order valence-electron chi connectivity index (χ2n) is 6.20. The van der Waals surface area contributed by atoms with E-state index in [1.807, 2.05) is 52.0 Å². The Hall–Kier alpha value is -1.04. The van der Waals surface area contributed by atoms with Gasteiger partial charge < -0.3 is 14.6 Å². The van der Waals surface area contributed by atoms with Crippen LogP contribution in [-0.2, 0) is 14.1 Å². The smallest absolute Gasteiger partial charge is 0.399 e. The highest BCUT2D eigenvalue weighted by molar-refractivity contribution is 6.62. The first-order valence-corrected chi connectivity index (χ1v) is 7.60. The minimum atomic E-state index is -0.386. The number of hydrogen-bond acceptors (Lipinski definition) is 3. The highest BCUT2D eigenvalue weighted by Gasteiger charge is 2.51. The van der Waals surface area contributed by atoms with Gasteiger partial charge in [-0.3, -0.25) is 4.79 Å². The van der Waals surface area contributed by atoms with E-state index in [9.17, 15) is 4.79 Å². The minimum Gasteiger partial charge on any atom is -0.399 e. The molecule has 0 spiro atoms. The summed E-state index contributed by atoms with van der Waals surface area (Å²) in [5.74, 6) is 0.228. The molecule has 4 nitrogen and oxygen atoms in total. The fourth-order valence-electron chi connectivity index (χ4n) is 2.01. The van der Waals surface area contributed by atoms with E-state index < -0.39 is 0 Å². The first-order chi connectivity index (χ1) is 9.75. The molecule has 0 radical (unpaired) electrons. The van der Waals surface area contributed by atoms with Gasteiger partial charge in [0.05, 0.1) is 11.2 Å². The Bertz CT molecular complexity index is 500. The molecule has 1 aliphatic rings. The molecule has 1 aliphatic heterocycles. The number of halogens is 1. The van der Waals surface area contributed by atoms with Gasteiger partial charge in [0.15, 0.2) is 0 Å². The van der Waals surface area contributed by atoms with E-state index >= 15 is 0 Å². The second-order valence-corrected chi connectivity index (χ2v) is 6.58. The summed E-state index contributed by atoms with van der Waals surface area (Å²) in [5, 5.41) is 2.79. The summed E-state index contributed by atoms with van der Waals surface area (Å²) in [5.41, 5.74) is 0.963. The van der Waals surface area contributed by atoms with E-state index in [0.29, 0.717) is 12.3 Å². The van der Waals surface area contributed by atoms with E-state index in [-0.39, 0.29) is 24.2 Å². The average Bonchev–Trinajstić information content (AvgIpc) is 2.59. The maximum Gasteiger partial charge on any atom is 0.494 e. The van der Waals surface area contributed by atoms with Gasteiger partial charge in [-0.25, -0.2) is 0 Å². The van der Waals surface area contributed by atoms with Crippen LogP contribution < -0.4 is 10.8 Å². The number of nitrogens with one attached hydrogen (secondary N) is 1. The van der Waals surface area contributed by atoms with Crippen LogP contribution in [0.15, 0.2) is 24.3 Å². The fourth-order valence-corrected chi connectivity index (χ4v) is 2.18. The van der Waals surface area contributed by atoms with Gasteiger partial charge in [0, 0.05) is 18.0 Å². The summed E-state index contributed by atoms with van der Waals surface area (Å²) in [6.07, 6.45) is 0.306. The van der Waals surface area contributed by atoms with Crippen LogP contribution in [0.25, 0.3) is 0 Å². The molecule has 1 N–H and O–H groups in total. The Kier molecular flexibility index (Phi) is 4.66. The number of alkyl halides is 1. The molecule has 0 saturated carbocycles. The van der Waals surface area contributed by atoms with Crippen LogP contribution in [0.5, 0.6) is 0 Å². The van der Waals surface area contributed by atoms with Crippen LogP contribution in [0.3, 0.4) is 0 Å². The molecule has 1 heterocycles. The molecular formula is C15H21BClNO3. The largest absolute Gasteiger partial charge is 0.494 e. The van der Waals surface area contributed by atoms with E-state index in [1.165, 1.54) is 0 Å². The van der Waals surface area contributed by atoms with Crippen LogP contribution in [-0.4, -0.2) is 30.1 Å². The van der Waals surface area contributed by atoms with Crippen molar-refractivity contribution < 1.29 is 14.1 Å². The zero-order valence-corrected chi connectivity index (χ0v) is 13.7. The molecule has 0 aromatic heterocycles. The summed E-state index contributed by atoms with van der Waals surface area (Å²) in [7, 11) is -0.386. The van der Waals surface area contributed by atoms with Crippen molar-refractivity contribution >= 4 is 35.8 Å². The highest BCUT2D eigenvalue weighted by Crippen LogP contribution is 2.36. The molecule has 6 heteroatoms. The molecule has 1 amide bonds. The Morgan fingerprint density at radius 1 is 1.14 bits per heavy atom. The predicted octanol–water partition coefficient (Wildman–Crippen LogP) is 2.55. The van der Waals surface area contributed by atoms with E-state index in [1.54, 1.807) is 0 Å². The Morgan fingerprint density at radius 3 is 2.14 bits per heavy atom. The fraction of sp³-hybridized carbons (Fsp3) is 0.533. The Morgan fingerprint density at radius 2 is 1.67 bits per heavy atom. The third kappa shape index (κ3) is 3.60. The van der Waals surface area contributed by atoms with Crippen molar-refractivity contribution in [3.8, 4) is 0 Å². The summed E-state index contributed by atoms with van der Waals surface area (Å²) < 4.78 is 12.0. The highest BCUT2D eigenvalue weighted by atomic mass is 35.5. The van der Waals surface area contributed by atoms with E-state index in [4.69, 9.17) is 20.9 Å². The first-order valence-electron chi connectivity index (χ1n) is 7.06. The number of hydrogen-bond donors (Lipinski definition) is 1. The van der Waals surface area contributed by atoms with Gasteiger partial charge in [0.2, 0.25) is 5.91 Å².